The van der Waals surface area contributed by atoms with Crippen molar-refractivity contribution in [3.05, 3.63) is 79.6 Å². The van der Waals surface area contributed by atoms with Gasteiger partial charge in [0.15, 0.2) is 17.3 Å². The molecule has 2 atom stereocenters. The van der Waals surface area contributed by atoms with Crippen molar-refractivity contribution in [2.75, 3.05) is 6.79 Å². The number of carbonyl (C=O) groups is 2. The van der Waals surface area contributed by atoms with Gasteiger partial charge in [-0.15, -0.1) is 0 Å². The molecule has 6 nitrogen and oxygen atoms in total. The minimum absolute atomic E-state index is 0.0157. The fraction of sp³-hybridized carbons (Fsp3) is 0.379. The lowest BCUT2D eigenvalue weighted by atomic mass is 9.71. The number of hydrogen-bond acceptors (Lipinski definition) is 6. The van der Waals surface area contributed by atoms with Gasteiger partial charge in [-0.25, -0.2) is 4.79 Å². The average Bonchev–Trinajstić information content (AvgIpc) is 3.54. The molecule has 0 saturated heterocycles. The third-order valence-electron chi connectivity index (χ3n) is 7.77. The second kappa shape index (κ2) is 9.84. The fourth-order valence-electron chi connectivity index (χ4n) is 5.97. The Morgan fingerprint density at radius 1 is 1.08 bits per heavy atom. The highest BCUT2D eigenvalue weighted by Crippen LogP contribution is 2.50. The van der Waals surface area contributed by atoms with E-state index in [1.807, 2.05) is 43.3 Å². The fourth-order valence-corrected chi connectivity index (χ4v) is 6.64. The largest absolute Gasteiger partial charge is 0.459 e. The van der Waals surface area contributed by atoms with Crippen LogP contribution in [0.4, 0.5) is 0 Å². The summed E-state index contributed by atoms with van der Waals surface area (Å²) in [4.78, 5) is 27.5. The molecule has 1 N–H and O–H groups in total. The Labute approximate surface area is 229 Å². The minimum Gasteiger partial charge on any atom is -0.459 e. The van der Waals surface area contributed by atoms with Crippen LogP contribution in [0.2, 0.25) is 5.02 Å². The number of esters is 1. The van der Waals surface area contributed by atoms with Crippen LogP contribution in [-0.2, 0) is 14.3 Å². The van der Waals surface area contributed by atoms with Gasteiger partial charge in [-0.2, -0.15) is 0 Å². The number of nitrogens with one attached hydrogen (secondary N) is 1. The predicted octanol–water partition coefficient (Wildman–Crippen LogP) is 6.68. The Hall–Kier alpha value is -2.77. The van der Waals surface area contributed by atoms with E-state index in [-0.39, 0.29) is 30.6 Å². The predicted molar refractivity (Wildman–Crippen MR) is 143 cm³/mol. The molecule has 8 heteroatoms. The van der Waals surface area contributed by atoms with Gasteiger partial charge in [-0.3, -0.25) is 4.79 Å². The van der Waals surface area contributed by atoms with E-state index in [1.54, 1.807) is 0 Å². The van der Waals surface area contributed by atoms with E-state index in [0.717, 1.165) is 47.0 Å². The van der Waals surface area contributed by atoms with E-state index >= 15 is 0 Å². The Bertz CT molecular complexity index is 1340. The topological polar surface area (TPSA) is 73.9 Å². The average molecular weight is 585 g/mol. The molecule has 0 aromatic heterocycles. The van der Waals surface area contributed by atoms with Gasteiger partial charge in [0.1, 0.15) is 6.10 Å². The molecule has 37 heavy (non-hydrogen) atoms. The van der Waals surface area contributed by atoms with Crippen molar-refractivity contribution < 1.29 is 23.8 Å². The molecule has 6 rings (SSSR count). The van der Waals surface area contributed by atoms with E-state index in [1.165, 1.54) is 0 Å². The quantitative estimate of drug-likeness (QED) is 0.404. The number of fused-ring (bicyclic) bond motifs is 1. The summed E-state index contributed by atoms with van der Waals surface area (Å²) in [5, 5.41) is 4.09. The van der Waals surface area contributed by atoms with Crippen LogP contribution in [0, 0.1) is 0 Å². The third-order valence-corrected chi connectivity index (χ3v) is 8.71. The maximum absolute atomic E-state index is 13.9. The van der Waals surface area contributed by atoms with E-state index < -0.39 is 5.92 Å². The van der Waals surface area contributed by atoms with Crippen LogP contribution in [0.5, 0.6) is 11.5 Å². The lowest BCUT2D eigenvalue weighted by molar-refractivity contribution is -0.144. The molecule has 2 aliphatic heterocycles. The third kappa shape index (κ3) is 4.57. The number of allylic oxidation sites excluding steroid dienone is 3. The SMILES string of the molecule is CC1=C(C(=O)OC2CCCC2)C(c2cc3c(cc2Br)OCO3)C2=C(CC(c3ccc(Cl)cc3)CC2=O)N1. The van der Waals surface area contributed by atoms with E-state index in [9.17, 15) is 9.59 Å². The van der Waals surface area contributed by atoms with Crippen molar-refractivity contribution in [2.45, 2.75) is 63.4 Å². The zero-order valence-electron chi connectivity index (χ0n) is 20.4. The Morgan fingerprint density at radius 3 is 2.51 bits per heavy atom. The molecule has 2 aliphatic carbocycles. The molecule has 4 aliphatic rings. The van der Waals surface area contributed by atoms with Crippen molar-refractivity contribution in [1.29, 1.82) is 0 Å². The van der Waals surface area contributed by atoms with Crippen molar-refractivity contribution in [3.8, 4) is 11.5 Å². The van der Waals surface area contributed by atoms with Gasteiger partial charge in [0.25, 0.3) is 0 Å². The summed E-state index contributed by atoms with van der Waals surface area (Å²) in [5.74, 6) is 0.326. The first-order valence-electron chi connectivity index (χ1n) is 12.7. The van der Waals surface area contributed by atoms with Gasteiger partial charge in [-0.1, -0.05) is 39.7 Å². The molecular weight excluding hydrogens is 558 g/mol. The number of Topliss-reactive ketones (excluding diaryl/α,β-unsaturated/α-hetero) is 1. The van der Waals surface area contributed by atoms with Gasteiger partial charge in [0.05, 0.1) is 5.57 Å². The number of ketones is 1. The smallest absolute Gasteiger partial charge is 0.337 e. The molecule has 0 spiro atoms. The lowest BCUT2D eigenvalue weighted by Gasteiger charge is -2.37. The maximum Gasteiger partial charge on any atom is 0.337 e. The first kappa shape index (κ1) is 24.6. The van der Waals surface area contributed by atoms with Crippen LogP contribution in [0.1, 0.15) is 68.4 Å². The summed E-state index contributed by atoms with van der Waals surface area (Å²) >= 11 is 9.78. The Morgan fingerprint density at radius 2 is 1.78 bits per heavy atom. The van der Waals surface area contributed by atoms with Gasteiger partial charge in [0.2, 0.25) is 6.79 Å². The van der Waals surface area contributed by atoms with Crippen LogP contribution in [-0.4, -0.2) is 24.6 Å². The highest BCUT2D eigenvalue weighted by molar-refractivity contribution is 9.10. The number of hydrogen-bond donors (Lipinski definition) is 1. The van der Waals surface area contributed by atoms with Gasteiger partial charge in [0, 0.05) is 38.8 Å². The molecule has 2 unspecified atom stereocenters. The molecule has 2 aromatic carbocycles. The molecule has 192 valence electrons. The molecule has 1 fully saturated rings. The van der Waals surface area contributed by atoms with E-state index in [4.69, 9.17) is 25.8 Å². The number of halogens is 2. The zero-order valence-corrected chi connectivity index (χ0v) is 22.8. The Kier molecular flexibility index (Phi) is 6.53. The van der Waals surface area contributed by atoms with E-state index in [0.29, 0.717) is 46.2 Å². The summed E-state index contributed by atoms with van der Waals surface area (Å²) in [5.41, 5.74) is 4.51. The monoisotopic (exact) mass is 583 g/mol. The van der Waals surface area contributed by atoms with Gasteiger partial charge in [-0.05, 0) is 80.3 Å². The van der Waals surface area contributed by atoms with Crippen LogP contribution in [0.15, 0.2) is 63.4 Å². The highest BCUT2D eigenvalue weighted by Gasteiger charge is 2.43. The number of ether oxygens (including phenoxy) is 3. The summed E-state index contributed by atoms with van der Waals surface area (Å²) < 4.78 is 17.9. The summed E-state index contributed by atoms with van der Waals surface area (Å²) in [7, 11) is 0. The molecule has 0 bridgehead atoms. The van der Waals surface area contributed by atoms with E-state index in [2.05, 4.69) is 21.2 Å². The summed E-state index contributed by atoms with van der Waals surface area (Å²) in [6.45, 7) is 2.03. The first-order valence-corrected chi connectivity index (χ1v) is 13.9. The van der Waals surface area contributed by atoms with Gasteiger partial charge >= 0.3 is 5.97 Å². The number of dihydropyridines is 1. The maximum atomic E-state index is 13.9. The minimum atomic E-state index is -0.576. The highest BCUT2D eigenvalue weighted by atomic mass is 79.9. The molecule has 2 aromatic rings. The Balaban J connectivity index is 1.43. The summed E-state index contributed by atoms with van der Waals surface area (Å²) in [6, 6.07) is 11.4. The second-order valence-electron chi connectivity index (χ2n) is 10.1. The van der Waals surface area contributed by atoms with Crippen LogP contribution >= 0.6 is 27.5 Å². The second-order valence-corrected chi connectivity index (χ2v) is 11.4. The van der Waals surface area contributed by atoms with Crippen molar-refractivity contribution >= 4 is 39.3 Å². The molecule has 0 radical (unpaired) electrons. The summed E-state index contributed by atoms with van der Waals surface area (Å²) in [6.07, 6.45) is 4.80. The molecule has 0 amide bonds. The van der Waals surface area contributed by atoms with Gasteiger partial charge < -0.3 is 19.5 Å². The standard InChI is InChI=1S/C29H27BrClNO5/c1-15-26(29(34)37-19-4-2-3-5-19)27(20-12-24-25(13-21(20)30)36-14-35-24)28-22(32-15)10-17(11-23(28)33)16-6-8-18(31)9-7-16/h6-9,12-13,17,19,27,32H,2-5,10-11,14H2,1H3. The first-order chi connectivity index (χ1) is 17.9. The van der Waals surface area contributed by atoms with Crippen molar-refractivity contribution in [1.82, 2.24) is 5.32 Å². The van der Waals surface area contributed by atoms with Crippen molar-refractivity contribution in [3.63, 3.8) is 0 Å². The number of carbonyl (C=O) groups excluding carboxylic acids is 2. The zero-order chi connectivity index (χ0) is 25.7. The van der Waals surface area contributed by atoms with Crippen molar-refractivity contribution in [2.24, 2.45) is 0 Å². The normalized spacial score (nSPS) is 23.3. The molecule has 2 heterocycles. The number of benzene rings is 2. The molecule has 1 saturated carbocycles. The van der Waals surface area contributed by atoms with Crippen LogP contribution in [0.3, 0.4) is 0 Å². The lowest BCUT2D eigenvalue weighted by Crippen LogP contribution is -2.36. The van der Waals surface area contributed by atoms with Crippen LogP contribution in [0.25, 0.3) is 0 Å². The molecular formula is C29H27BrClNO5. The van der Waals surface area contributed by atoms with Crippen LogP contribution < -0.4 is 14.8 Å². The number of rotatable bonds is 4.